The van der Waals surface area contributed by atoms with Crippen LogP contribution in [0.3, 0.4) is 0 Å². The van der Waals surface area contributed by atoms with E-state index in [0.29, 0.717) is 11.8 Å². The van der Waals surface area contributed by atoms with Gasteiger partial charge in [0, 0.05) is 24.7 Å². The van der Waals surface area contributed by atoms with Gasteiger partial charge in [0.2, 0.25) is 6.29 Å². The average molecular weight is 507 g/mol. The largest absolute Gasteiger partial charge is 0.504 e. The second-order valence-corrected chi connectivity index (χ2v) is 7.90. The Morgan fingerprint density at radius 1 is 1.25 bits per heavy atom. The summed E-state index contributed by atoms with van der Waals surface area (Å²) in [5.74, 6) is -4.53. The van der Waals surface area contributed by atoms with Gasteiger partial charge in [-0.2, -0.15) is 5.48 Å². The van der Waals surface area contributed by atoms with Gasteiger partial charge >= 0.3 is 17.9 Å². The van der Waals surface area contributed by atoms with Crippen LogP contribution in [0.5, 0.6) is 11.5 Å². The van der Waals surface area contributed by atoms with Crippen molar-refractivity contribution in [3.8, 4) is 11.5 Å². The van der Waals surface area contributed by atoms with Crippen molar-refractivity contribution in [3.05, 3.63) is 48.3 Å². The lowest BCUT2D eigenvalue weighted by Crippen LogP contribution is -2.43. The summed E-state index contributed by atoms with van der Waals surface area (Å²) in [5.41, 5.74) is 3.14. The molecule has 1 heterocycles. The number of phenols is 2. The fourth-order valence-corrected chi connectivity index (χ4v) is 3.49. The molecule has 196 valence electrons. The number of aldehydes is 1. The van der Waals surface area contributed by atoms with Gasteiger partial charge in [-0.1, -0.05) is 12.1 Å². The van der Waals surface area contributed by atoms with Crippen molar-refractivity contribution in [2.75, 3.05) is 13.7 Å². The molecule has 0 saturated heterocycles. The Balaban J connectivity index is 2.04. The van der Waals surface area contributed by atoms with Crippen molar-refractivity contribution in [1.82, 2.24) is 5.48 Å². The van der Waals surface area contributed by atoms with E-state index >= 15 is 0 Å². The van der Waals surface area contributed by atoms with Crippen LogP contribution in [-0.2, 0) is 44.6 Å². The predicted octanol–water partition coefficient (Wildman–Crippen LogP) is 1.36. The second kappa shape index (κ2) is 13.9. The maximum absolute atomic E-state index is 12.6. The quantitative estimate of drug-likeness (QED) is 0.0935. The number of aromatic hydroxyl groups is 2. The molecule has 1 unspecified atom stereocenters. The van der Waals surface area contributed by atoms with Crippen LogP contribution in [0, 0.1) is 11.8 Å². The summed E-state index contributed by atoms with van der Waals surface area (Å²) < 4.78 is 15.5. The average Bonchev–Trinajstić information content (AvgIpc) is 2.85. The van der Waals surface area contributed by atoms with Gasteiger partial charge in [0.15, 0.2) is 11.5 Å². The Hall–Kier alpha value is -3.90. The van der Waals surface area contributed by atoms with Crippen LogP contribution in [0.25, 0.3) is 0 Å². The maximum atomic E-state index is 12.6. The van der Waals surface area contributed by atoms with E-state index in [1.165, 1.54) is 25.3 Å². The zero-order valence-corrected chi connectivity index (χ0v) is 19.6. The zero-order chi connectivity index (χ0) is 26.7. The number of carbonyl (C=O) groups excluding carboxylic acids is 3. The number of methoxy groups -OCH3 is 1. The summed E-state index contributed by atoms with van der Waals surface area (Å²) in [6.45, 7) is 3.71. The number of aliphatic carboxylic acids is 1. The number of benzene rings is 1. The molecule has 2 rings (SSSR count). The maximum Gasteiger partial charge on any atom is 0.337 e. The second-order valence-electron chi connectivity index (χ2n) is 7.90. The van der Waals surface area contributed by atoms with Crippen molar-refractivity contribution in [1.29, 1.82) is 0 Å². The number of hydrogen-bond acceptors (Lipinski definition) is 11. The van der Waals surface area contributed by atoms with Crippen molar-refractivity contribution in [2.45, 2.75) is 38.0 Å². The summed E-state index contributed by atoms with van der Waals surface area (Å²) >= 11 is 0. The summed E-state index contributed by atoms with van der Waals surface area (Å²) in [7, 11) is 1.18. The van der Waals surface area contributed by atoms with E-state index in [-0.39, 0.29) is 49.4 Å². The number of esters is 2. The molecule has 4 atom stereocenters. The molecule has 12 nitrogen and oxygen atoms in total. The van der Waals surface area contributed by atoms with E-state index in [1.807, 2.05) is 0 Å². The monoisotopic (exact) mass is 507 g/mol. The van der Waals surface area contributed by atoms with Crippen molar-refractivity contribution in [2.24, 2.45) is 11.8 Å². The number of carbonyl (C=O) groups is 4. The van der Waals surface area contributed by atoms with E-state index in [2.05, 4.69) is 12.1 Å². The Bertz CT molecular complexity index is 990. The highest BCUT2D eigenvalue weighted by Crippen LogP contribution is 2.35. The molecule has 0 amide bonds. The minimum atomic E-state index is -1.10. The molecule has 0 aromatic heterocycles. The van der Waals surface area contributed by atoms with E-state index in [0.717, 1.165) is 6.26 Å². The number of carboxylic acid groups (broad SMARTS) is 1. The SMILES string of the molecule is C=CC1[C@H](ON[C@H](C=O)CCC(=O)O)OC=C(C(=O)OC)[C@H]1CC(=O)OCCc1ccc(O)c(O)c1. The van der Waals surface area contributed by atoms with Crippen LogP contribution in [0.4, 0.5) is 0 Å². The molecule has 0 aliphatic carbocycles. The molecule has 12 heteroatoms. The Labute approximate surface area is 207 Å². The van der Waals surface area contributed by atoms with E-state index in [1.54, 1.807) is 6.07 Å². The minimum absolute atomic E-state index is 0.0195. The molecule has 0 radical (unpaired) electrons. The van der Waals surface area contributed by atoms with Crippen molar-refractivity contribution < 1.29 is 53.5 Å². The number of ether oxygens (including phenoxy) is 3. The number of carboxylic acids is 1. The summed E-state index contributed by atoms with van der Waals surface area (Å²) in [5, 5.41) is 27.7. The third-order valence-electron chi connectivity index (χ3n) is 5.45. The van der Waals surface area contributed by atoms with Gasteiger partial charge in [-0.25, -0.2) is 4.79 Å². The third kappa shape index (κ3) is 8.10. The van der Waals surface area contributed by atoms with Crippen LogP contribution in [-0.4, -0.2) is 65.6 Å². The highest BCUT2D eigenvalue weighted by Gasteiger charge is 2.40. The molecule has 1 aliphatic rings. The van der Waals surface area contributed by atoms with E-state index in [4.69, 9.17) is 24.2 Å². The predicted molar refractivity (Wildman–Crippen MR) is 122 cm³/mol. The molecule has 0 bridgehead atoms. The van der Waals surface area contributed by atoms with Crippen LogP contribution in [0.2, 0.25) is 0 Å². The zero-order valence-electron chi connectivity index (χ0n) is 19.6. The Kier molecular flexibility index (Phi) is 10.9. The first-order valence-electron chi connectivity index (χ1n) is 11.0. The smallest absolute Gasteiger partial charge is 0.337 e. The lowest BCUT2D eigenvalue weighted by molar-refractivity contribution is -0.195. The third-order valence-corrected chi connectivity index (χ3v) is 5.45. The first kappa shape index (κ1) is 28.3. The van der Waals surface area contributed by atoms with Crippen LogP contribution in [0.1, 0.15) is 24.8 Å². The number of phenolic OH excluding ortho intramolecular Hbond substituents is 2. The van der Waals surface area contributed by atoms with Crippen LogP contribution >= 0.6 is 0 Å². The fourth-order valence-electron chi connectivity index (χ4n) is 3.49. The normalized spacial score (nSPS) is 19.8. The van der Waals surface area contributed by atoms with Crippen molar-refractivity contribution >= 4 is 24.2 Å². The molecule has 36 heavy (non-hydrogen) atoms. The lowest BCUT2D eigenvalue weighted by atomic mass is 9.81. The number of nitrogens with one attached hydrogen (secondary N) is 1. The first-order chi connectivity index (χ1) is 17.2. The standard InChI is InChI=1S/C24H29NO11/c1-3-16-17(11-22(31)34-9-8-14-4-6-19(27)20(28)10-14)18(23(32)33-2)13-35-24(16)36-25-15(12-26)5-7-21(29)30/h3-4,6,10,12-13,15-17,24-25,27-28H,1,5,7-9,11H2,2H3,(H,29,30)/t15-,16?,17-,24-/m0/s1. The highest BCUT2D eigenvalue weighted by molar-refractivity contribution is 5.90. The molecular weight excluding hydrogens is 478 g/mol. The van der Waals surface area contributed by atoms with Gasteiger partial charge in [0.05, 0.1) is 38.0 Å². The molecule has 0 spiro atoms. The van der Waals surface area contributed by atoms with Gasteiger partial charge in [-0.3, -0.25) is 14.4 Å². The van der Waals surface area contributed by atoms with Crippen LogP contribution in [0.15, 0.2) is 42.7 Å². The molecule has 1 aromatic carbocycles. The molecule has 0 fully saturated rings. The van der Waals surface area contributed by atoms with E-state index < -0.39 is 42.1 Å². The molecule has 0 saturated carbocycles. The van der Waals surface area contributed by atoms with Gasteiger partial charge in [-0.15, -0.1) is 6.58 Å². The number of rotatable bonds is 14. The first-order valence-corrected chi connectivity index (χ1v) is 11.0. The van der Waals surface area contributed by atoms with Gasteiger partial charge in [0.1, 0.15) is 6.29 Å². The summed E-state index contributed by atoms with van der Waals surface area (Å²) in [4.78, 5) is 52.3. The Morgan fingerprint density at radius 2 is 2.00 bits per heavy atom. The van der Waals surface area contributed by atoms with E-state index in [9.17, 15) is 29.4 Å². The molecule has 4 N–H and O–H groups in total. The molecule has 1 aliphatic heterocycles. The number of hydrogen-bond donors (Lipinski definition) is 4. The topological polar surface area (TPSA) is 178 Å². The molecular formula is C24H29NO11. The van der Waals surface area contributed by atoms with Crippen molar-refractivity contribution in [3.63, 3.8) is 0 Å². The van der Waals surface area contributed by atoms with Gasteiger partial charge < -0.3 is 34.3 Å². The fraction of sp³-hybridized carbons (Fsp3) is 0.417. The Morgan fingerprint density at radius 3 is 2.61 bits per heavy atom. The van der Waals surface area contributed by atoms with Crippen LogP contribution < -0.4 is 5.48 Å². The lowest BCUT2D eigenvalue weighted by Gasteiger charge is -2.35. The minimum Gasteiger partial charge on any atom is -0.504 e. The summed E-state index contributed by atoms with van der Waals surface area (Å²) in [6.07, 6.45) is 1.65. The highest BCUT2D eigenvalue weighted by atomic mass is 16.8. The van der Waals surface area contributed by atoms with Gasteiger partial charge in [-0.05, 0) is 24.1 Å². The number of hydroxylamine groups is 1. The molecule has 1 aromatic rings. The summed E-state index contributed by atoms with van der Waals surface area (Å²) in [6, 6.07) is 3.32. The van der Waals surface area contributed by atoms with Gasteiger partial charge in [0.25, 0.3) is 0 Å².